The highest BCUT2D eigenvalue weighted by Crippen LogP contribution is 2.24. The Morgan fingerprint density at radius 1 is 1.04 bits per heavy atom. The summed E-state index contributed by atoms with van der Waals surface area (Å²) in [6, 6.07) is 14.0. The van der Waals surface area contributed by atoms with Crippen molar-refractivity contribution in [2.75, 3.05) is 4.72 Å². The number of rotatable bonds is 6. The van der Waals surface area contributed by atoms with Gasteiger partial charge in [-0.3, -0.25) is 9.52 Å². The number of nitrogens with one attached hydrogen (secondary N) is 2. The van der Waals surface area contributed by atoms with Gasteiger partial charge in [0.2, 0.25) is 0 Å². The van der Waals surface area contributed by atoms with Crippen molar-refractivity contribution in [3.8, 4) is 0 Å². The molecule has 0 fully saturated rings. The number of benzene rings is 2. The van der Waals surface area contributed by atoms with Crippen molar-refractivity contribution >= 4 is 33.0 Å². The quantitative estimate of drug-likeness (QED) is 0.654. The molecule has 3 rings (SSSR count). The van der Waals surface area contributed by atoms with Crippen LogP contribution in [-0.2, 0) is 16.6 Å². The number of sulfonamides is 1. The molecule has 140 valence electrons. The lowest BCUT2D eigenvalue weighted by atomic mass is 10.2. The molecule has 0 bridgehead atoms. The second kappa shape index (κ2) is 7.89. The fourth-order valence-electron chi connectivity index (χ4n) is 2.37. The van der Waals surface area contributed by atoms with E-state index >= 15 is 0 Å². The molecule has 0 aliphatic heterocycles. The van der Waals surface area contributed by atoms with Gasteiger partial charge in [0.15, 0.2) is 0 Å². The molecule has 8 heteroatoms. The Bertz CT molecular complexity index is 1040. The lowest BCUT2D eigenvalue weighted by Crippen LogP contribution is -2.24. The average Bonchev–Trinajstić information content (AvgIpc) is 3.14. The summed E-state index contributed by atoms with van der Waals surface area (Å²) in [6.45, 7) is 2.07. The minimum Gasteiger partial charge on any atom is -0.347 e. The molecule has 2 aromatic carbocycles. The zero-order valence-corrected chi connectivity index (χ0v) is 16.0. The molecule has 0 radical (unpaired) electrons. The van der Waals surface area contributed by atoms with E-state index in [4.69, 9.17) is 0 Å². The third kappa shape index (κ3) is 4.72. The number of carbonyl (C=O) groups is 1. The van der Waals surface area contributed by atoms with Crippen molar-refractivity contribution in [3.05, 3.63) is 81.8 Å². The molecular weight excluding hydrogens is 387 g/mol. The molecule has 2 N–H and O–H groups in total. The average molecular weight is 404 g/mol. The largest absolute Gasteiger partial charge is 0.347 e. The van der Waals surface area contributed by atoms with Crippen molar-refractivity contribution < 1.29 is 17.6 Å². The van der Waals surface area contributed by atoms with Gasteiger partial charge in [-0.15, -0.1) is 11.3 Å². The van der Waals surface area contributed by atoms with Crippen molar-refractivity contribution in [3.63, 3.8) is 0 Å². The van der Waals surface area contributed by atoms with E-state index in [1.807, 2.05) is 6.92 Å². The van der Waals surface area contributed by atoms with E-state index in [0.717, 1.165) is 16.9 Å². The molecule has 1 aromatic heterocycles. The highest BCUT2D eigenvalue weighted by molar-refractivity contribution is 7.93. The van der Waals surface area contributed by atoms with E-state index in [-0.39, 0.29) is 22.1 Å². The number of carbonyl (C=O) groups excluding carboxylic acids is 1. The normalized spacial score (nSPS) is 11.2. The topological polar surface area (TPSA) is 75.3 Å². The molecule has 5 nitrogen and oxygen atoms in total. The Kier molecular flexibility index (Phi) is 5.57. The molecular formula is C19H17FN2O3S2. The number of amides is 1. The van der Waals surface area contributed by atoms with Gasteiger partial charge in [0.05, 0.1) is 0 Å². The maximum atomic E-state index is 12.9. The Morgan fingerprint density at radius 3 is 2.37 bits per heavy atom. The molecule has 1 amide bonds. The lowest BCUT2D eigenvalue weighted by Gasteiger charge is -2.10. The van der Waals surface area contributed by atoms with Gasteiger partial charge in [-0.05, 0) is 48.2 Å². The maximum absolute atomic E-state index is 12.9. The van der Waals surface area contributed by atoms with Crippen LogP contribution >= 0.6 is 11.3 Å². The second-order valence-corrected chi connectivity index (χ2v) is 8.46. The van der Waals surface area contributed by atoms with Crippen molar-refractivity contribution in [2.45, 2.75) is 18.4 Å². The summed E-state index contributed by atoms with van der Waals surface area (Å²) in [5.41, 5.74) is 2.14. The Balaban J connectivity index is 1.74. The van der Waals surface area contributed by atoms with Crippen LogP contribution in [0.5, 0.6) is 0 Å². The second-order valence-electron chi connectivity index (χ2n) is 5.89. The van der Waals surface area contributed by atoms with Gasteiger partial charge < -0.3 is 5.32 Å². The van der Waals surface area contributed by atoms with Gasteiger partial charge in [0.1, 0.15) is 15.6 Å². The molecule has 3 aromatic rings. The first-order chi connectivity index (χ1) is 12.8. The number of thiophene rings is 1. The minimum absolute atomic E-state index is 0.0790. The van der Waals surface area contributed by atoms with Crippen LogP contribution in [0.1, 0.15) is 20.8 Å². The number of aryl methyl sites for hydroxylation is 1. The van der Waals surface area contributed by atoms with Crippen LogP contribution in [0, 0.1) is 12.7 Å². The predicted molar refractivity (Wildman–Crippen MR) is 104 cm³/mol. The molecule has 0 atom stereocenters. The third-order valence-corrected chi connectivity index (χ3v) is 6.26. The van der Waals surface area contributed by atoms with Crippen LogP contribution in [0.2, 0.25) is 0 Å². The Morgan fingerprint density at radius 2 is 1.70 bits per heavy atom. The number of halogens is 1. The molecule has 0 saturated carbocycles. The van der Waals surface area contributed by atoms with Crippen LogP contribution in [-0.4, -0.2) is 14.3 Å². The lowest BCUT2D eigenvalue weighted by molar-refractivity contribution is 0.0952. The van der Waals surface area contributed by atoms with E-state index in [9.17, 15) is 17.6 Å². The molecule has 0 spiro atoms. The van der Waals surface area contributed by atoms with Gasteiger partial charge in [-0.2, -0.15) is 0 Å². The smallest absolute Gasteiger partial charge is 0.263 e. The van der Waals surface area contributed by atoms with E-state index < -0.39 is 15.9 Å². The van der Waals surface area contributed by atoms with Crippen molar-refractivity contribution in [1.29, 1.82) is 0 Å². The van der Waals surface area contributed by atoms with E-state index in [1.165, 1.54) is 18.2 Å². The summed E-state index contributed by atoms with van der Waals surface area (Å²) < 4.78 is 40.7. The minimum atomic E-state index is -3.90. The zero-order valence-electron chi connectivity index (χ0n) is 14.4. The van der Waals surface area contributed by atoms with Gasteiger partial charge in [-0.25, -0.2) is 12.8 Å². The van der Waals surface area contributed by atoms with Gasteiger partial charge in [0, 0.05) is 12.2 Å². The highest BCUT2D eigenvalue weighted by atomic mass is 32.2. The van der Waals surface area contributed by atoms with Crippen molar-refractivity contribution in [1.82, 2.24) is 5.32 Å². The molecule has 0 aliphatic rings. The summed E-state index contributed by atoms with van der Waals surface area (Å²) >= 11 is 1.04. The van der Waals surface area contributed by atoms with Crippen LogP contribution in [0.3, 0.4) is 0 Å². The van der Waals surface area contributed by atoms with Crippen molar-refractivity contribution in [2.24, 2.45) is 0 Å². The number of hydrogen-bond donors (Lipinski definition) is 2. The Hall–Kier alpha value is -2.71. The Labute approximate surface area is 160 Å². The van der Waals surface area contributed by atoms with Gasteiger partial charge >= 0.3 is 0 Å². The first-order valence-corrected chi connectivity index (χ1v) is 10.4. The summed E-state index contributed by atoms with van der Waals surface area (Å²) in [7, 11) is -3.90. The van der Waals surface area contributed by atoms with E-state index in [0.29, 0.717) is 11.3 Å². The van der Waals surface area contributed by atoms with Crippen LogP contribution < -0.4 is 10.0 Å². The van der Waals surface area contributed by atoms with Crippen LogP contribution in [0.4, 0.5) is 10.1 Å². The molecule has 0 unspecified atom stereocenters. The number of hydrogen-bond acceptors (Lipinski definition) is 4. The van der Waals surface area contributed by atoms with Crippen LogP contribution in [0.15, 0.2) is 64.9 Å². The zero-order chi connectivity index (χ0) is 19.4. The van der Waals surface area contributed by atoms with Crippen LogP contribution in [0.25, 0.3) is 0 Å². The first kappa shape index (κ1) is 19.1. The summed E-state index contributed by atoms with van der Waals surface area (Å²) in [6.07, 6.45) is 0. The SMILES string of the molecule is Cc1ccc(NS(=O)(=O)c2ccsc2C(=O)NCc2ccc(F)cc2)cc1. The third-order valence-electron chi connectivity index (χ3n) is 3.79. The molecule has 1 heterocycles. The molecule has 27 heavy (non-hydrogen) atoms. The fraction of sp³-hybridized carbons (Fsp3) is 0.105. The maximum Gasteiger partial charge on any atom is 0.263 e. The summed E-state index contributed by atoms with van der Waals surface area (Å²) in [5, 5.41) is 4.21. The first-order valence-electron chi connectivity index (χ1n) is 8.05. The summed E-state index contributed by atoms with van der Waals surface area (Å²) in [5.74, 6) is -0.863. The van der Waals surface area contributed by atoms with E-state index in [1.54, 1.807) is 41.8 Å². The molecule has 0 saturated heterocycles. The fourth-order valence-corrected chi connectivity index (χ4v) is 4.77. The highest BCUT2D eigenvalue weighted by Gasteiger charge is 2.24. The van der Waals surface area contributed by atoms with Gasteiger partial charge in [-0.1, -0.05) is 29.8 Å². The van der Waals surface area contributed by atoms with Gasteiger partial charge in [0.25, 0.3) is 15.9 Å². The van der Waals surface area contributed by atoms with E-state index in [2.05, 4.69) is 10.0 Å². The standard InChI is InChI=1S/C19H17FN2O3S2/c1-13-2-8-16(9-3-13)22-27(24,25)17-10-11-26-18(17)19(23)21-12-14-4-6-15(20)7-5-14/h2-11,22H,12H2,1H3,(H,21,23). The number of anilines is 1. The molecule has 0 aliphatic carbocycles. The predicted octanol–water partition coefficient (Wildman–Crippen LogP) is 3.93. The monoisotopic (exact) mass is 404 g/mol. The summed E-state index contributed by atoms with van der Waals surface area (Å²) in [4.78, 5) is 12.5.